The fraction of sp³-hybridized carbons (Fsp3) is 0.350. The number of thiocarbonyl (C=S) groups is 1. The Morgan fingerprint density at radius 3 is 2.50 bits per heavy atom. The van der Waals surface area contributed by atoms with E-state index in [1.54, 1.807) is 25.1 Å². The maximum Gasteiger partial charge on any atom is 0.263 e. The molecule has 0 saturated carbocycles. The van der Waals surface area contributed by atoms with Crippen molar-refractivity contribution in [3.63, 3.8) is 0 Å². The highest BCUT2D eigenvalue weighted by Crippen LogP contribution is 2.30. The van der Waals surface area contributed by atoms with Crippen molar-refractivity contribution in [2.75, 3.05) is 31.5 Å². The summed E-state index contributed by atoms with van der Waals surface area (Å²) in [7, 11) is -2.05. The number of hydrogen-bond acceptors (Lipinski definition) is 8. The first-order valence-electron chi connectivity index (χ1n) is 9.11. The van der Waals surface area contributed by atoms with Gasteiger partial charge >= 0.3 is 0 Å². The zero-order chi connectivity index (χ0) is 22.5. The number of nitrogens with zero attached hydrogens (tertiary/aromatic N) is 1. The molecule has 1 aliphatic heterocycles. The van der Waals surface area contributed by atoms with Crippen molar-refractivity contribution >= 4 is 44.9 Å². The number of amides is 2. The second-order valence-electron chi connectivity index (χ2n) is 6.62. The van der Waals surface area contributed by atoms with Crippen molar-refractivity contribution in [3.8, 4) is 0 Å². The van der Waals surface area contributed by atoms with Crippen molar-refractivity contribution in [2.24, 2.45) is 0 Å². The lowest BCUT2D eigenvalue weighted by Gasteiger charge is -2.24. The molecule has 162 valence electrons. The van der Waals surface area contributed by atoms with E-state index in [0.29, 0.717) is 18.1 Å². The van der Waals surface area contributed by atoms with Crippen molar-refractivity contribution < 1.29 is 27.5 Å². The van der Waals surface area contributed by atoms with Gasteiger partial charge in [-0.05, 0) is 31.6 Å². The molecule has 1 heterocycles. The molecule has 2 N–H and O–H groups in total. The maximum absolute atomic E-state index is 12.9. The Kier molecular flexibility index (Phi) is 7.74. The molecule has 0 bridgehead atoms. The number of sulfone groups is 1. The fourth-order valence-corrected chi connectivity index (χ4v) is 4.33. The number of methoxy groups -OCH3 is 1. The molecule has 0 aliphatic carbocycles. The van der Waals surface area contributed by atoms with Gasteiger partial charge in [-0.25, -0.2) is 8.42 Å². The normalized spacial score (nSPS) is 15.8. The lowest BCUT2D eigenvalue weighted by atomic mass is 10.1. The number of rotatable bonds is 10. The molecule has 0 unspecified atom stereocenters. The summed E-state index contributed by atoms with van der Waals surface area (Å²) < 4.78 is 34.6. The van der Waals surface area contributed by atoms with Crippen LogP contribution in [-0.4, -0.2) is 62.3 Å². The van der Waals surface area contributed by atoms with Gasteiger partial charge in [0.15, 0.2) is 11.5 Å². The smallest absolute Gasteiger partial charge is 0.263 e. The van der Waals surface area contributed by atoms with Crippen LogP contribution in [0.3, 0.4) is 0 Å². The Morgan fingerprint density at radius 2 is 1.97 bits per heavy atom. The van der Waals surface area contributed by atoms with Gasteiger partial charge in [-0.2, -0.15) is 0 Å². The third kappa shape index (κ3) is 5.25. The van der Waals surface area contributed by atoms with E-state index >= 15 is 0 Å². The van der Waals surface area contributed by atoms with Crippen LogP contribution in [0, 0.1) is 0 Å². The van der Waals surface area contributed by atoms with Crippen LogP contribution < -0.4 is 5.73 Å². The number of allylic oxidation sites excluding steroid dienone is 2. The number of carbonyl (C=O) groups is 2. The summed E-state index contributed by atoms with van der Waals surface area (Å²) in [6.07, 6.45) is 4.31. The van der Waals surface area contributed by atoms with Crippen LogP contribution in [0.15, 0.2) is 41.9 Å². The summed E-state index contributed by atoms with van der Waals surface area (Å²) in [4.78, 5) is 26.7. The number of imide groups is 1. The number of nitrogen functional groups attached to an aromatic ring is 1. The van der Waals surface area contributed by atoms with Gasteiger partial charge in [0.05, 0.1) is 36.6 Å². The minimum Gasteiger partial charge on any atom is -0.493 e. The summed E-state index contributed by atoms with van der Waals surface area (Å²) >= 11 is 4.92. The van der Waals surface area contributed by atoms with Gasteiger partial charge < -0.3 is 15.2 Å². The molecule has 0 saturated heterocycles. The van der Waals surface area contributed by atoms with Crippen LogP contribution in [-0.2, 0) is 19.3 Å². The fourth-order valence-electron chi connectivity index (χ4n) is 3.16. The largest absolute Gasteiger partial charge is 0.493 e. The van der Waals surface area contributed by atoms with E-state index in [1.807, 2.05) is 0 Å². The molecular formula is C20H24N2O6S2. The number of nitrogens with two attached hydrogens (primary N) is 1. The third-order valence-corrected chi connectivity index (χ3v) is 5.59. The Morgan fingerprint density at radius 1 is 1.27 bits per heavy atom. The SMILES string of the molecule is CCO/C(C=S)=C(/C=C\C[C@@H](CS(C)(=O)=O)N1C(=O)c2cccc(N)c2C1=O)OC. The van der Waals surface area contributed by atoms with Gasteiger partial charge in [-0.15, -0.1) is 0 Å². The van der Waals surface area contributed by atoms with Crippen LogP contribution >= 0.6 is 12.2 Å². The molecule has 8 nitrogen and oxygen atoms in total. The molecule has 1 aromatic rings. The second-order valence-corrected chi connectivity index (χ2v) is 9.04. The molecule has 0 fully saturated rings. The van der Waals surface area contributed by atoms with E-state index < -0.39 is 27.7 Å². The number of anilines is 1. The molecule has 2 amide bonds. The molecule has 10 heteroatoms. The van der Waals surface area contributed by atoms with E-state index in [2.05, 4.69) is 0 Å². The molecule has 1 atom stereocenters. The Hall–Kier alpha value is -2.72. The lowest BCUT2D eigenvalue weighted by molar-refractivity contribution is 0.0601. The predicted octanol–water partition coefficient (Wildman–Crippen LogP) is 2.12. The number of carbonyl (C=O) groups excluding carboxylic acids is 2. The van der Waals surface area contributed by atoms with E-state index in [1.165, 1.54) is 24.6 Å². The highest BCUT2D eigenvalue weighted by atomic mass is 32.2. The monoisotopic (exact) mass is 452 g/mol. The van der Waals surface area contributed by atoms with Gasteiger partial charge in [-0.3, -0.25) is 14.5 Å². The zero-order valence-corrected chi connectivity index (χ0v) is 18.6. The number of fused-ring (bicyclic) bond motifs is 1. The number of benzene rings is 1. The highest BCUT2D eigenvalue weighted by molar-refractivity contribution is 7.90. The maximum atomic E-state index is 12.9. The number of hydrogen-bond donors (Lipinski definition) is 1. The standard InChI is InChI=1S/C20H24N2O6S2/c1-4-28-17(11-29)16(27-2)10-5-7-13(12-30(3,25)26)22-19(23)14-8-6-9-15(21)18(14)20(22)24/h5-6,8-11,13H,4,7,12,21H2,1-3H3/b10-5-,17-16-/t13-/m0/s1. The Labute approximate surface area is 181 Å². The molecular weight excluding hydrogens is 428 g/mol. The summed E-state index contributed by atoms with van der Waals surface area (Å²) in [6, 6.07) is 3.68. The van der Waals surface area contributed by atoms with E-state index in [-0.39, 0.29) is 29.0 Å². The molecule has 0 spiro atoms. The van der Waals surface area contributed by atoms with Crippen LogP contribution in [0.25, 0.3) is 0 Å². The van der Waals surface area contributed by atoms with Gasteiger partial charge in [0.1, 0.15) is 9.84 Å². The summed E-state index contributed by atoms with van der Waals surface area (Å²) in [5.41, 5.74) is 6.31. The Balaban J connectivity index is 2.37. The molecule has 0 radical (unpaired) electrons. The average molecular weight is 453 g/mol. The zero-order valence-electron chi connectivity index (χ0n) is 17.0. The first-order chi connectivity index (χ1) is 14.1. The topological polar surface area (TPSA) is 116 Å². The highest BCUT2D eigenvalue weighted by Gasteiger charge is 2.41. The van der Waals surface area contributed by atoms with Gasteiger partial charge in [0.25, 0.3) is 11.8 Å². The van der Waals surface area contributed by atoms with Crippen molar-refractivity contribution in [3.05, 3.63) is 53.0 Å². The van der Waals surface area contributed by atoms with Crippen LogP contribution in [0.4, 0.5) is 5.69 Å². The van der Waals surface area contributed by atoms with Crippen molar-refractivity contribution in [1.82, 2.24) is 4.90 Å². The second kappa shape index (κ2) is 9.86. The van der Waals surface area contributed by atoms with Crippen LogP contribution in [0.5, 0.6) is 0 Å². The molecule has 0 aromatic heterocycles. The summed E-state index contributed by atoms with van der Waals surface area (Å²) in [5, 5.41) is 1.33. The molecule has 30 heavy (non-hydrogen) atoms. The van der Waals surface area contributed by atoms with E-state index in [0.717, 1.165) is 11.2 Å². The number of ether oxygens (including phenoxy) is 2. The summed E-state index contributed by atoms with van der Waals surface area (Å²) in [5.74, 6) is -0.872. The van der Waals surface area contributed by atoms with E-state index in [9.17, 15) is 18.0 Å². The molecule has 1 aliphatic rings. The summed E-state index contributed by atoms with van der Waals surface area (Å²) in [6.45, 7) is 2.18. The lowest BCUT2D eigenvalue weighted by Crippen LogP contribution is -2.43. The quantitative estimate of drug-likeness (QED) is 0.143. The van der Waals surface area contributed by atoms with Gasteiger partial charge in [-0.1, -0.05) is 24.4 Å². The van der Waals surface area contributed by atoms with E-state index in [4.69, 9.17) is 27.4 Å². The van der Waals surface area contributed by atoms with Gasteiger partial charge in [0, 0.05) is 17.3 Å². The molecule has 1 aromatic carbocycles. The van der Waals surface area contributed by atoms with Crippen LogP contribution in [0.2, 0.25) is 0 Å². The first kappa shape index (κ1) is 23.6. The van der Waals surface area contributed by atoms with Gasteiger partial charge in [0.2, 0.25) is 0 Å². The third-order valence-electron chi connectivity index (χ3n) is 4.39. The van der Waals surface area contributed by atoms with Crippen molar-refractivity contribution in [1.29, 1.82) is 0 Å². The molecule has 2 rings (SSSR count). The average Bonchev–Trinajstić information content (AvgIpc) is 2.93. The Bertz CT molecular complexity index is 1010. The van der Waals surface area contributed by atoms with Crippen LogP contribution in [0.1, 0.15) is 34.1 Å². The first-order valence-corrected chi connectivity index (χ1v) is 11.6. The van der Waals surface area contributed by atoms with Crippen molar-refractivity contribution in [2.45, 2.75) is 19.4 Å². The minimum atomic E-state index is -3.49. The predicted molar refractivity (Wildman–Crippen MR) is 118 cm³/mol. The minimum absolute atomic E-state index is 0.0855.